The Balaban J connectivity index is 1.56. The summed E-state index contributed by atoms with van der Waals surface area (Å²) in [5, 5.41) is 8.77. The second kappa shape index (κ2) is 8.12. The van der Waals surface area contributed by atoms with Gasteiger partial charge in [0, 0.05) is 19.0 Å². The van der Waals surface area contributed by atoms with E-state index in [1.807, 2.05) is 37.3 Å². The zero-order valence-electron chi connectivity index (χ0n) is 14.9. The smallest absolute Gasteiger partial charge is 0.308 e. The van der Waals surface area contributed by atoms with Gasteiger partial charge in [-0.25, -0.2) is 4.79 Å². The number of carbonyl (C=O) groups is 1. The molecule has 0 spiro atoms. The fraction of sp³-hybridized carbons (Fsp3) is 0.211. The molecule has 3 aromatic rings. The second-order valence-corrected chi connectivity index (χ2v) is 6.24. The van der Waals surface area contributed by atoms with Crippen molar-refractivity contribution in [1.82, 2.24) is 5.27 Å². The first-order valence-corrected chi connectivity index (χ1v) is 8.48. The molecule has 9 heteroatoms. The summed E-state index contributed by atoms with van der Waals surface area (Å²) in [6.07, 6.45) is -2.15. The van der Waals surface area contributed by atoms with Crippen molar-refractivity contribution >= 4 is 17.6 Å². The Kier molecular flexibility index (Phi) is 5.62. The molecule has 0 saturated heterocycles. The number of benzene rings is 2. The van der Waals surface area contributed by atoms with E-state index >= 15 is 0 Å². The molecule has 0 aliphatic heterocycles. The number of hydrogen-bond acceptors (Lipinski definition) is 3. The molecule has 1 unspecified atom stereocenters. The van der Waals surface area contributed by atoms with Crippen molar-refractivity contribution < 1.29 is 27.2 Å². The van der Waals surface area contributed by atoms with Crippen LogP contribution >= 0.6 is 0 Å². The molecule has 1 heterocycles. The Morgan fingerprint density at radius 2 is 1.79 bits per heavy atom. The minimum absolute atomic E-state index is 0.000302. The number of rotatable bonds is 5. The predicted octanol–water partition coefficient (Wildman–Crippen LogP) is 4.43. The topological polar surface area (TPSA) is 71.0 Å². The van der Waals surface area contributed by atoms with Crippen LogP contribution in [0.4, 0.5) is 29.5 Å². The number of nitrogens with zero attached hydrogens (tertiary/aromatic N) is 2. The van der Waals surface area contributed by atoms with Crippen molar-refractivity contribution in [2.75, 3.05) is 10.6 Å². The van der Waals surface area contributed by atoms with Crippen LogP contribution in [0.1, 0.15) is 24.1 Å². The summed E-state index contributed by atoms with van der Waals surface area (Å²) in [4.78, 5) is 12.0. The molecule has 0 bridgehead atoms. The minimum Gasteiger partial charge on any atom is -0.308 e. The molecule has 0 aliphatic carbocycles. The van der Waals surface area contributed by atoms with Crippen LogP contribution in [-0.2, 0) is 12.6 Å². The first-order chi connectivity index (χ1) is 13.3. The van der Waals surface area contributed by atoms with Crippen molar-refractivity contribution in [1.29, 1.82) is 0 Å². The molecule has 6 nitrogen and oxygen atoms in total. The van der Waals surface area contributed by atoms with Crippen LogP contribution in [0.3, 0.4) is 0 Å². The van der Waals surface area contributed by atoms with Gasteiger partial charge in [-0.1, -0.05) is 30.3 Å². The number of halogens is 3. The zero-order chi connectivity index (χ0) is 20.1. The standard InChI is InChI=1S/C19H17F3N4O2/c1-13(11-14-5-3-2-4-6-14)26-12-17(28-25-26)24-18(27)23-16-9-7-15(8-10-16)19(20,21)22/h2-10,12-13H,11H2,1H3,(H-,23,24,25,27)/p+1. The van der Waals surface area contributed by atoms with Crippen molar-refractivity contribution in [2.45, 2.75) is 25.6 Å². The number of nitrogens with one attached hydrogen (secondary N) is 2. The highest BCUT2D eigenvalue weighted by Crippen LogP contribution is 2.29. The lowest BCUT2D eigenvalue weighted by atomic mass is 10.1. The minimum atomic E-state index is -4.43. The Hall–Kier alpha value is -3.36. The van der Waals surface area contributed by atoms with E-state index in [1.165, 1.54) is 12.1 Å². The molecule has 1 atom stereocenters. The Bertz CT molecular complexity index is 924. The van der Waals surface area contributed by atoms with Crippen LogP contribution < -0.4 is 15.3 Å². The van der Waals surface area contributed by atoms with E-state index in [0.29, 0.717) is 0 Å². The maximum atomic E-state index is 12.6. The summed E-state index contributed by atoms with van der Waals surface area (Å²) < 4.78 is 44.3. The average molecular weight is 391 g/mol. The molecule has 1 aromatic heterocycles. The van der Waals surface area contributed by atoms with Gasteiger partial charge in [-0.15, -0.1) is 0 Å². The molecule has 2 amide bonds. The maximum absolute atomic E-state index is 12.6. The summed E-state index contributed by atoms with van der Waals surface area (Å²) >= 11 is 0. The zero-order valence-corrected chi connectivity index (χ0v) is 14.9. The van der Waals surface area contributed by atoms with Crippen LogP contribution in [0.5, 0.6) is 0 Å². The monoisotopic (exact) mass is 391 g/mol. The normalized spacial score (nSPS) is 12.4. The molecule has 28 heavy (non-hydrogen) atoms. The highest BCUT2D eigenvalue weighted by molar-refractivity contribution is 5.98. The van der Waals surface area contributed by atoms with Gasteiger partial charge in [-0.3, -0.25) is 9.84 Å². The Morgan fingerprint density at radius 3 is 2.43 bits per heavy atom. The number of amides is 2. The lowest BCUT2D eigenvalue weighted by Crippen LogP contribution is -2.40. The number of hydrogen-bond donors (Lipinski definition) is 2. The van der Waals surface area contributed by atoms with Crippen LogP contribution in [0, 0.1) is 0 Å². The summed E-state index contributed by atoms with van der Waals surface area (Å²) in [5.74, 6) is 0.115. The summed E-state index contributed by atoms with van der Waals surface area (Å²) in [5.41, 5.74) is 0.567. The highest BCUT2D eigenvalue weighted by Gasteiger charge is 2.30. The van der Waals surface area contributed by atoms with Gasteiger partial charge in [0.2, 0.25) is 5.27 Å². The molecule has 0 saturated carbocycles. The third-order valence-corrected chi connectivity index (χ3v) is 4.02. The van der Waals surface area contributed by atoms with E-state index in [2.05, 4.69) is 15.9 Å². The average Bonchev–Trinajstić information content (AvgIpc) is 3.11. The van der Waals surface area contributed by atoms with E-state index in [-0.39, 0.29) is 17.6 Å². The third kappa shape index (κ3) is 5.09. The SMILES string of the molecule is CC(Cc1ccccc1)[n+]1cc(NC(=O)Nc2ccc(C(F)(F)F)cc2)on1. The van der Waals surface area contributed by atoms with Gasteiger partial charge in [0.05, 0.1) is 5.56 Å². The van der Waals surface area contributed by atoms with E-state index in [9.17, 15) is 18.0 Å². The lowest BCUT2D eigenvalue weighted by Gasteiger charge is -2.08. The van der Waals surface area contributed by atoms with Crippen LogP contribution in [0.2, 0.25) is 0 Å². The molecule has 0 radical (unpaired) electrons. The first kappa shape index (κ1) is 19.4. The number of urea groups is 1. The van der Waals surface area contributed by atoms with Gasteiger partial charge in [0.25, 0.3) is 6.20 Å². The Morgan fingerprint density at radius 1 is 1.11 bits per heavy atom. The van der Waals surface area contributed by atoms with Crippen LogP contribution in [0.15, 0.2) is 65.3 Å². The second-order valence-electron chi connectivity index (χ2n) is 6.24. The predicted molar refractivity (Wildman–Crippen MR) is 95.6 cm³/mol. The molecular weight excluding hydrogens is 373 g/mol. The van der Waals surface area contributed by atoms with E-state index in [0.717, 1.165) is 24.1 Å². The van der Waals surface area contributed by atoms with Gasteiger partial charge in [-0.05, 0) is 34.5 Å². The molecule has 0 aliphatic rings. The lowest BCUT2D eigenvalue weighted by molar-refractivity contribution is -0.782. The van der Waals surface area contributed by atoms with Gasteiger partial charge >= 0.3 is 18.1 Å². The van der Waals surface area contributed by atoms with Crippen LogP contribution in [-0.4, -0.2) is 11.3 Å². The van der Waals surface area contributed by atoms with Crippen molar-refractivity contribution in [2.24, 2.45) is 0 Å². The van der Waals surface area contributed by atoms with Crippen LogP contribution in [0.25, 0.3) is 0 Å². The van der Waals surface area contributed by atoms with Gasteiger partial charge < -0.3 is 5.32 Å². The number of alkyl halides is 3. The molecular formula is C19H18F3N4O2+. The maximum Gasteiger partial charge on any atom is 0.416 e. The fourth-order valence-electron chi connectivity index (χ4n) is 2.59. The third-order valence-electron chi connectivity index (χ3n) is 4.02. The molecule has 2 N–H and O–H groups in total. The van der Waals surface area contributed by atoms with Gasteiger partial charge in [-0.2, -0.15) is 13.2 Å². The quantitative estimate of drug-likeness (QED) is 0.632. The number of anilines is 2. The molecule has 0 fully saturated rings. The largest absolute Gasteiger partial charge is 0.416 e. The molecule has 2 aromatic carbocycles. The van der Waals surface area contributed by atoms with E-state index in [4.69, 9.17) is 4.52 Å². The molecule has 3 rings (SSSR count). The van der Waals surface area contributed by atoms with Crippen molar-refractivity contribution in [3.05, 3.63) is 71.9 Å². The van der Waals surface area contributed by atoms with Crippen molar-refractivity contribution in [3.63, 3.8) is 0 Å². The fourth-order valence-corrected chi connectivity index (χ4v) is 2.59. The highest BCUT2D eigenvalue weighted by atomic mass is 19.4. The Labute approximate surface area is 158 Å². The summed E-state index contributed by atoms with van der Waals surface area (Å²) in [6, 6.07) is 13.3. The number of aromatic nitrogens is 2. The van der Waals surface area contributed by atoms with Crippen molar-refractivity contribution in [3.8, 4) is 0 Å². The summed E-state index contributed by atoms with van der Waals surface area (Å²) in [6.45, 7) is 1.96. The van der Waals surface area contributed by atoms with Gasteiger partial charge in [0.1, 0.15) is 0 Å². The van der Waals surface area contributed by atoms with E-state index in [1.54, 1.807) is 10.9 Å². The van der Waals surface area contributed by atoms with Gasteiger partial charge in [0.15, 0.2) is 6.04 Å². The number of carbonyl (C=O) groups excluding carboxylic acids is 1. The summed E-state index contributed by atoms with van der Waals surface area (Å²) in [7, 11) is 0. The molecule has 146 valence electrons. The van der Waals surface area contributed by atoms with E-state index < -0.39 is 17.8 Å². The first-order valence-electron chi connectivity index (χ1n) is 8.48.